The first-order valence-corrected chi connectivity index (χ1v) is 8.53. The Morgan fingerprint density at radius 1 is 1.16 bits per heavy atom. The zero-order valence-electron chi connectivity index (χ0n) is 13.6. The van der Waals surface area contributed by atoms with Crippen LogP contribution < -0.4 is 9.47 Å². The van der Waals surface area contributed by atoms with Crippen molar-refractivity contribution in [2.24, 2.45) is 5.10 Å². The van der Waals surface area contributed by atoms with Crippen LogP contribution in [0.5, 0.6) is 11.5 Å². The Morgan fingerprint density at radius 2 is 1.92 bits per heavy atom. The highest BCUT2D eigenvalue weighted by molar-refractivity contribution is 9.10. The summed E-state index contributed by atoms with van der Waals surface area (Å²) >= 11 is 8.79. The molecule has 0 aliphatic carbocycles. The van der Waals surface area contributed by atoms with Crippen LogP contribution in [-0.2, 0) is 0 Å². The fraction of sp³-hybridized carbons (Fsp3) is 0.118. The fourth-order valence-corrected chi connectivity index (χ4v) is 2.83. The van der Waals surface area contributed by atoms with Gasteiger partial charge in [0.15, 0.2) is 17.3 Å². The molecule has 0 radical (unpaired) electrons. The molecule has 0 saturated carbocycles. The van der Waals surface area contributed by atoms with Crippen molar-refractivity contribution in [2.75, 3.05) is 14.2 Å². The van der Waals surface area contributed by atoms with E-state index in [-0.39, 0.29) is 0 Å². The van der Waals surface area contributed by atoms with Crippen LogP contribution in [0.4, 0.5) is 0 Å². The van der Waals surface area contributed by atoms with E-state index >= 15 is 0 Å². The molecule has 0 spiro atoms. The molecule has 0 bridgehead atoms. The number of ether oxygens (including phenoxy) is 2. The van der Waals surface area contributed by atoms with Crippen LogP contribution in [0.1, 0.15) is 5.56 Å². The van der Waals surface area contributed by atoms with Gasteiger partial charge in [-0.3, -0.25) is 0 Å². The maximum Gasteiger partial charge on any atom is 0.216 e. The minimum atomic E-state index is 0.396. The first-order valence-electron chi connectivity index (χ1n) is 7.32. The number of aromatic nitrogens is 3. The number of H-pyrrole nitrogens is 1. The van der Waals surface area contributed by atoms with Gasteiger partial charge in [-0.25, -0.2) is 5.10 Å². The summed E-state index contributed by atoms with van der Waals surface area (Å²) in [7, 11) is 3.18. The van der Waals surface area contributed by atoms with Crippen LogP contribution in [0.3, 0.4) is 0 Å². The van der Waals surface area contributed by atoms with Crippen LogP contribution in [0.15, 0.2) is 52.0 Å². The SMILES string of the molecule is COc1ccc(-c2n[nH]c(=S)n2N=Cc2ccccc2Br)cc1OC. The second-order valence-corrected chi connectivity index (χ2v) is 6.24. The molecule has 3 rings (SSSR count). The first kappa shape index (κ1) is 17.4. The molecule has 1 aromatic heterocycles. The molecule has 8 heteroatoms. The van der Waals surface area contributed by atoms with Gasteiger partial charge in [0.2, 0.25) is 4.77 Å². The normalized spacial score (nSPS) is 11.0. The van der Waals surface area contributed by atoms with E-state index in [1.165, 1.54) is 0 Å². The summed E-state index contributed by atoms with van der Waals surface area (Å²) in [5.74, 6) is 1.83. The van der Waals surface area contributed by atoms with Gasteiger partial charge in [-0.2, -0.15) is 14.9 Å². The zero-order chi connectivity index (χ0) is 17.8. The Bertz CT molecular complexity index is 981. The monoisotopic (exact) mass is 418 g/mol. The molecule has 2 aromatic carbocycles. The van der Waals surface area contributed by atoms with Crippen molar-refractivity contribution < 1.29 is 9.47 Å². The Morgan fingerprint density at radius 3 is 2.64 bits per heavy atom. The van der Waals surface area contributed by atoms with E-state index in [4.69, 9.17) is 21.7 Å². The maximum absolute atomic E-state index is 5.35. The van der Waals surface area contributed by atoms with Crippen molar-refractivity contribution in [1.29, 1.82) is 0 Å². The van der Waals surface area contributed by atoms with Crippen molar-refractivity contribution in [3.8, 4) is 22.9 Å². The lowest BCUT2D eigenvalue weighted by Gasteiger charge is -2.09. The van der Waals surface area contributed by atoms with E-state index in [9.17, 15) is 0 Å². The van der Waals surface area contributed by atoms with Crippen LogP contribution in [0.2, 0.25) is 0 Å². The zero-order valence-corrected chi connectivity index (χ0v) is 16.0. The van der Waals surface area contributed by atoms with Gasteiger partial charge in [0.1, 0.15) is 0 Å². The number of benzene rings is 2. The highest BCUT2D eigenvalue weighted by Crippen LogP contribution is 2.31. The maximum atomic E-state index is 5.35. The molecular weight excluding hydrogens is 404 g/mol. The second-order valence-electron chi connectivity index (χ2n) is 5.00. The summed E-state index contributed by atoms with van der Waals surface area (Å²) in [5, 5.41) is 11.5. The molecular formula is C17H15BrN4O2S. The summed E-state index contributed by atoms with van der Waals surface area (Å²) in [6.07, 6.45) is 1.72. The molecule has 3 aromatic rings. The average Bonchev–Trinajstić information content (AvgIpc) is 3.01. The third kappa shape index (κ3) is 3.64. The molecule has 0 fully saturated rings. The first-order chi connectivity index (χ1) is 12.1. The minimum absolute atomic E-state index is 0.396. The molecule has 1 N–H and O–H groups in total. The van der Waals surface area contributed by atoms with Crippen LogP contribution >= 0.6 is 28.1 Å². The average molecular weight is 419 g/mol. The van der Waals surface area contributed by atoms with Crippen molar-refractivity contribution >= 4 is 34.4 Å². The lowest BCUT2D eigenvalue weighted by molar-refractivity contribution is 0.355. The predicted octanol–water partition coefficient (Wildman–Crippen LogP) is 4.27. The summed E-state index contributed by atoms with van der Waals surface area (Å²) < 4.78 is 13.5. The molecule has 0 saturated heterocycles. The van der Waals surface area contributed by atoms with E-state index in [2.05, 4.69) is 31.2 Å². The highest BCUT2D eigenvalue weighted by Gasteiger charge is 2.12. The molecule has 128 valence electrons. The molecule has 25 heavy (non-hydrogen) atoms. The number of nitrogens with zero attached hydrogens (tertiary/aromatic N) is 3. The van der Waals surface area contributed by atoms with Gasteiger partial charge >= 0.3 is 0 Å². The Labute approximate surface area is 158 Å². The van der Waals surface area contributed by atoms with E-state index in [1.54, 1.807) is 25.1 Å². The van der Waals surface area contributed by atoms with Crippen molar-refractivity contribution in [3.63, 3.8) is 0 Å². The van der Waals surface area contributed by atoms with Crippen molar-refractivity contribution in [1.82, 2.24) is 14.9 Å². The lowest BCUT2D eigenvalue weighted by atomic mass is 10.2. The van der Waals surface area contributed by atoms with Gasteiger partial charge in [0, 0.05) is 15.6 Å². The Balaban J connectivity index is 2.03. The number of hydrogen-bond donors (Lipinski definition) is 1. The van der Waals surface area contributed by atoms with Gasteiger partial charge < -0.3 is 9.47 Å². The molecule has 1 heterocycles. The van der Waals surface area contributed by atoms with Crippen LogP contribution in [-0.4, -0.2) is 35.3 Å². The van der Waals surface area contributed by atoms with E-state index in [1.807, 2.05) is 42.5 Å². The van der Waals surface area contributed by atoms with Crippen LogP contribution in [0.25, 0.3) is 11.4 Å². The van der Waals surface area contributed by atoms with E-state index in [0.717, 1.165) is 15.6 Å². The second kappa shape index (κ2) is 7.62. The summed E-state index contributed by atoms with van der Waals surface area (Å²) in [6, 6.07) is 13.3. The van der Waals surface area contributed by atoms with E-state index in [0.29, 0.717) is 22.1 Å². The number of methoxy groups -OCH3 is 2. The third-order valence-corrected chi connectivity index (χ3v) is 4.50. The lowest BCUT2D eigenvalue weighted by Crippen LogP contribution is -1.97. The predicted molar refractivity (Wildman–Crippen MR) is 103 cm³/mol. The van der Waals surface area contributed by atoms with Gasteiger partial charge in [-0.1, -0.05) is 34.1 Å². The quantitative estimate of drug-likeness (QED) is 0.496. The number of rotatable bonds is 5. The molecule has 0 aliphatic heterocycles. The van der Waals surface area contributed by atoms with Crippen molar-refractivity contribution in [3.05, 3.63) is 57.3 Å². The van der Waals surface area contributed by atoms with Crippen molar-refractivity contribution in [2.45, 2.75) is 0 Å². The van der Waals surface area contributed by atoms with Gasteiger partial charge in [-0.15, -0.1) is 0 Å². The molecule has 0 unspecified atom stereocenters. The highest BCUT2D eigenvalue weighted by atomic mass is 79.9. The van der Waals surface area contributed by atoms with Crippen LogP contribution in [0, 0.1) is 4.77 Å². The standard InChI is InChI=1S/C17H15BrN4O2S/c1-23-14-8-7-11(9-15(14)24-2)16-20-21-17(25)22(16)19-10-12-5-3-4-6-13(12)18/h3-10H,1-2H3,(H,21,25). The minimum Gasteiger partial charge on any atom is -0.493 e. The number of aromatic amines is 1. The van der Waals surface area contributed by atoms with Gasteiger partial charge in [-0.05, 0) is 36.5 Å². The summed E-state index contributed by atoms with van der Waals surface area (Å²) in [6.45, 7) is 0. The Hall–Kier alpha value is -2.45. The number of nitrogens with one attached hydrogen (secondary N) is 1. The van der Waals surface area contributed by atoms with Gasteiger partial charge in [0.25, 0.3) is 0 Å². The molecule has 0 amide bonds. The fourth-order valence-electron chi connectivity index (χ4n) is 2.26. The Kier molecular flexibility index (Phi) is 5.30. The molecule has 0 atom stereocenters. The smallest absolute Gasteiger partial charge is 0.216 e. The van der Waals surface area contributed by atoms with Gasteiger partial charge in [0.05, 0.1) is 20.4 Å². The summed E-state index contributed by atoms with van der Waals surface area (Å²) in [4.78, 5) is 0. The molecule has 0 aliphatic rings. The van der Waals surface area contributed by atoms with E-state index < -0.39 is 0 Å². The third-order valence-electron chi connectivity index (χ3n) is 3.51. The largest absolute Gasteiger partial charge is 0.493 e. The number of hydrogen-bond acceptors (Lipinski definition) is 5. The number of halogens is 1. The molecule has 6 nitrogen and oxygen atoms in total. The topological polar surface area (TPSA) is 64.4 Å². The summed E-state index contributed by atoms with van der Waals surface area (Å²) in [5.41, 5.74) is 1.73.